The van der Waals surface area contributed by atoms with Gasteiger partial charge in [0.25, 0.3) is 0 Å². The first-order valence-corrected chi connectivity index (χ1v) is 6.59. The maximum absolute atomic E-state index is 13.6. The number of benzene rings is 2. The lowest BCUT2D eigenvalue weighted by atomic mass is 10.2. The van der Waals surface area contributed by atoms with Crippen LogP contribution in [0.5, 0.6) is 0 Å². The number of carboxylic acids is 1. The number of fused-ring (bicyclic) bond motifs is 1. The summed E-state index contributed by atoms with van der Waals surface area (Å²) in [6, 6.07) is 7.24. The van der Waals surface area contributed by atoms with Gasteiger partial charge in [0, 0.05) is 11.6 Å². The molecule has 4 nitrogen and oxygen atoms in total. The fraction of sp³-hybridized carbons (Fsp3) is 0. The van der Waals surface area contributed by atoms with Gasteiger partial charge in [0.1, 0.15) is 11.6 Å². The van der Waals surface area contributed by atoms with Crippen molar-refractivity contribution in [1.29, 1.82) is 0 Å². The minimum Gasteiger partial charge on any atom is -0.478 e. The van der Waals surface area contributed by atoms with E-state index in [0.29, 0.717) is 32.5 Å². The summed E-state index contributed by atoms with van der Waals surface area (Å²) in [7, 11) is 0. The zero-order chi connectivity index (χ0) is 15.1. The number of hydrogen-bond donors (Lipinski definition) is 2. The number of hydrogen-bond acceptors (Lipinski definition) is 2. The van der Waals surface area contributed by atoms with Gasteiger partial charge in [-0.25, -0.2) is 14.2 Å². The van der Waals surface area contributed by atoms with Crippen molar-refractivity contribution in [3.63, 3.8) is 0 Å². The van der Waals surface area contributed by atoms with Crippen molar-refractivity contribution in [2.75, 3.05) is 0 Å². The Hall–Kier alpha value is -2.11. The molecule has 3 aromatic rings. The van der Waals surface area contributed by atoms with Crippen LogP contribution in [0.25, 0.3) is 22.4 Å². The van der Waals surface area contributed by atoms with E-state index in [9.17, 15) is 9.18 Å². The number of nitrogens with zero attached hydrogens (tertiary/aromatic N) is 1. The van der Waals surface area contributed by atoms with Gasteiger partial charge in [-0.05, 0) is 24.3 Å². The third-order valence-electron chi connectivity index (χ3n) is 2.99. The van der Waals surface area contributed by atoms with Crippen LogP contribution in [0.3, 0.4) is 0 Å². The molecule has 1 heterocycles. The predicted molar refractivity (Wildman–Crippen MR) is 78.5 cm³/mol. The highest BCUT2D eigenvalue weighted by atomic mass is 35.5. The summed E-state index contributed by atoms with van der Waals surface area (Å²) < 4.78 is 13.6. The Bertz CT molecular complexity index is 877. The van der Waals surface area contributed by atoms with Crippen molar-refractivity contribution in [3.8, 4) is 11.4 Å². The normalized spacial score (nSPS) is 11.0. The first-order chi connectivity index (χ1) is 9.95. The van der Waals surface area contributed by atoms with E-state index in [1.165, 1.54) is 6.07 Å². The minimum atomic E-state index is -1.34. The van der Waals surface area contributed by atoms with Crippen LogP contribution in [0.2, 0.25) is 10.0 Å². The lowest BCUT2D eigenvalue weighted by Crippen LogP contribution is -1.99. The van der Waals surface area contributed by atoms with Crippen molar-refractivity contribution in [2.24, 2.45) is 0 Å². The van der Waals surface area contributed by atoms with E-state index >= 15 is 0 Å². The zero-order valence-corrected chi connectivity index (χ0v) is 11.8. The fourth-order valence-electron chi connectivity index (χ4n) is 1.97. The molecule has 2 N–H and O–H groups in total. The van der Waals surface area contributed by atoms with Crippen LogP contribution >= 0.6 is 23.2 Å². The highest BCUT2D eigenvalue weighted by Gasteiger charge is 2.15. The molecule has 0 radical (unpaired) electrons. The average Bonchev–Trinajstić information content (AvgIpc) is 2.83. The van der Waals surface area contributed by atoms with Crippen LogP contribution in [0, 0.1) is 5.82 Å². The largest absolute Gasteiger partial charge is 0.478 e. The zero-order valence-electron chi connectivity index (χ0n) is 10.3. The molecule has 0 fully saturated rings. The second kappa shape index (κ2) is 5.02. The third kappa shape index (κ3) is 2.46. The van der Waals surface area contributed by atoms with Crippen molar-refractivity contribution in [3.05, 3.63) is 51.8 Å². The highest BCUT2D eigenvalue weighted by Crippen LogP contribution is 2.28. The molecule has 7 heteroatoms. The lowest BCUT2D eigenvalue weighted by Gasteiger charge is -1.99. The number of carboxylic acid groups (broad SMARTS) is 1. The molecule has 106 valence electrons. The second-order valence-corrected chi connectivity index (χ2v) is 5.18. The lowest BCUT2D eigenvalue weighted by molar-refractivity contribution is 0.0692. The number of H-pyrrole nitrogens is 1. The van der Waals surface area contributed by atoms with Crippen LogP contribution in [0.1, 0.15) is 10.4 Å². The van der Waals surface area contributed by atoms with Gasteiger partial charge in [0.05, 0.1) is 26.6 Å². The highest BCUT2D eigenvalue weighted by molar-refractivity contribution is 6.42. The Morgan fingerprint density at radius 3 is 2.62 bits per heavy atom. The van der Waals surface area contributed by atoms with E-state index in [1.807, 2.05) is 0 Å². The molecule has 0 aliphatic carbocycles. The van der Waals surface area contributed by atoms with Crippen LogP contribution in [-0.2, 0) is 0 Å². The summed E-state index contributed by atoms with van der Waals surface area (Å²) in [5.41, 5.74) is 1.00. The van der Waals surface area contributed by atoms with Crippen molar-refractivity contribution >= 4 is 40.2 Å². The SMILES string of the molecule is O=C(O)c1cc2nc(-c3ccc(Cl)c(Cl)c3)[nH]c2cc1F. The Labute approximate surface area is 128 Å². The molecule has 1 aromatic heterocycles. The first kappa shape index (κ1) is 13.9. The summed E-state index contributed by atoms with van der Waals surface area (Å²) >= 11 is 11.8. The van der Waals surface area contributed by atoms with Gasteiger partial charge in [0.15, 0.2) is 0 Å². The van der Waals surface area contributed by atoms with E-state index in [2.05, 4.69) is 9.97 Å². The van der Waals surface area contributed by atoms with Gasteiger partial charge < -0.3 is 10.1 Å². The molecule has 2 aromatic carbocycles. The van der Waals surface area contributed by atoms with Gasteiger partial charge in [-0.3, -0.25) is 0 Å². The second-order valence-electron chi connectivity index (χ2n) is 4.37. The molecule has 0 saturated carbocycles. The van der Waals surface area contributed by atoms with Gasteiger partial charge in [-0.2, -0.15) is 0 Å². The summed E-state index contributed by atoms with van der Waals surface area (Å²) in [6.07, 6.45) is 0. The average molecular weight is 325 g/mol. The minimum absolute atomic E-state index is 0.356. The third-order valence-corrected chi connectivity index (χ3v) is 3.73. The van der Waals surface area contributed by atoms with Crippen molar-refractivity contribution in [1.82, 2.24) is 9.97 Å². The molecule has 3 rings (SSSR count). The predicted octanol–water partition coefficient (Wildman–Crippen LogP) is 4.37. The van der Waals surface area contributed by atoms with Crippen molar-refractivity contribution < 1.29 is 14.3 Å². The van der Waals surface area contributed by atoms with E-state index in [1.54, 1.807) is 18.2 Å². The number of carbonyl (C=O) groups is 1. The molecule has 0 bridgehead atoms. The Kier molecular flexibility index (Phi) is 3.31. The molecule has 0 aliphatic heterocycles. The van der Waals surface area contributed by atoms with Gasteiger partial charge >= 0.3 is 5.97 Å². The summed E-state index contributed by atoms with van der Waals surface area (Å²) in [5.74, 6) is -1.71. The topological polar surface area (TPSA) is 66.0 Å². The quantitative estimate of drug-likeness (QED) is 0.735. The molecule has 0 atom stereocenters. The molecule has 21 heavy (non-hydrogen) atoms. The summed E-state index contributed by atoms with van der Waals surface area (Å²) in [4.78, 5) is 18.1. The standard InChI is InChI=1S/C14H7Cl2FN2O2/c15-8-2-1-6(3-9(8)16)13-18-11-4-7(14(20)21)10(17)5-12(11)19-13/h1-5H,(H,18,19)(H,20,21). The smallest absolute Gasteiger partial charge is 0.338 e. The molecule has 0 saturated heterocycles. The summed E-state index contributed by atoms with van der Waals surface area (Å²) in [6.45, 7) is 0. The number of nitrogens with one attached hydrogen (secondary N) is 1. The molecule has 0 aliphatic rings. The molecular formula is C14H7Cl2FN2O2. The van der Waals surface area contributed by atoms with Gasteiger partial charge in [-0.15, -0.1) is 0 Å². The van der Waals surface area contributed by atoms with Crippen LogP contribution in [0.15, 0.2) is 30.3 Å². The Morgan fingerprint density at radius 1 is 1.19 bits per heavy atom. The first-order valence-electron chi connectivity index (χ1n) is 5.83. The molecule has 0 spiro atoms. The number of imidazole rings is 1. The van der Waals surface area contributed by atoms with Crippen LogP contribution in [0.4, 0.5) is 4.39 Å². The number of aromatic carboxylic acids is 1. The number of aromatic amines is 1. The van der Waals surface area contributed by atoms with E-state index in [0.717, 1.165) is 6.07 Å². The maximum Gasteiger partial charge on any atom is 0.338 e. The Morgan fingerprint density at radius 2 is 1.95 bits per heavy atom. The van der Waals surface area contributed by atoms with Crippen LogP contribution < -0.4 is 0 Å². The maximum atomic E-state index is 13.6. The number of aromatic nitrogens is 2. The Balaban J connectivity index is 2.16. The summed E-state index contributed by atoms with van der Waals surface area (Å²) in [5, 5.41) is 9.69. The molecule has 0 unspecified atom stereocenters. The van der Waals surface area contributed by atoms with E-state index in [4.69, 9.17) is 28.3 Å². The number of rotatable bonds is 2. The van der Waals surface area contributed by atoms with Crippen molar-refractivity contribution in [2.45, 2.75) is 0 Å². The molecule has 0 amide bonds. The fourth-order valence-corrected chi connectivity index (χ4v) is 2.27. The van der Waals surface area contributed by atoms with E-state index < -0.39 is 17.3 Å². The van der Waals surface area contributed by atoms with E-state index in [-0.39, 0.29) is 0 Å². The monoisotopic (exact) mass is 324 g/mol. The van der Waals surface area contributed by atoms with Crippen LogP contribution in [-0.4, -0.2) is 21.0 Å². The van der Waals surface area contributed by atoms with Gasteiger partial charge in [0.2, 0.25) is 0 Å². The number of halogens is 3. The molecular weight excluding hydrogens is 318 g/mol. The van der Waals surface area contributed by atoms with Gasteiger partial charge in [-0.1, -0.05) is 23.2 Å².